The predicted octanol–water partition coefficient (Wildman–Crippen LogP) is 1.05. The number of guanidine groups is 1. The van der Waals surface area contributed by atoms with E-state index in [0.29, 0.717) is 23.0 Å². The summed E-state index contributed by atoms with van der Waals surface area (Å²) in [4.78, 5) is 34.8. The molecule has 1 aromatic rings. The zero-order valence-corrected chi connectivity index (χ0v) is 18.0. The molecule has 30 heavy (non-hydrogen) atoms. The first kappa shape index (κ1) is 21.9. The van der Waals surface area contributed by atoms with E-state index < -0.39 is 23.8 Å². The van der Waals surface area contributed by atoms with Crippen LogP contribution in [0.15, 0.2) is 23.2 Å². The highest BCUT2D eigenvalue weighted by atomic mass is 16.5. The summed E-state index contributed by atoms with van der Waals surface area (Å²) >= 11 is 0. The Bertz CT molecular complexity index is 805. The van der Waals surface area contributed by atoms with Gasteiger partial charge in [0.05, 0.1) is 20.8 Å². The molecule has 0 aromatic heterocycles. The van der Waals surface area contributed by atoms with Crippen molar-refractivity contribution in [3.8, 4) is 11.5 Å². The van der Waals surface area contributed by atoms with Gasteiger partial charge in [0.15, 0.2) is 5.92 Å². The second-order valence-electron chi connectivity index (χ2n) is 7.15. The Balaban J connectivity index is 1.99. The lowest BCUT2D eigenvalue weighted by atomic mass is 9.90. The number of nitrogens with one attached hydrogen (secondary N) is 1. The van der Waals surface area contributed by atoms with Crippen molar-refractivity contribution < 1.29 is 23.8 Å². The lowest BCUT2D eigenvalue weighted by Crippen LogP contribution is -2.57. The molecule has 9 heteroatoms. The van der Waals surface area contributed by atoms with Crippen LogP contribution in [0.2, 0.25) is 0 Å². The molecule has 2 aliphatic heterocycles. The van der Waals surface area contributed by atoms with Crippen molar-refractivity contribution in [2.24, 2.45) is 10.9 Å². The summed E-state index contributed by atoms with van der Waals surface area (Å²) in [5, 5.41) is 2.82. The van der Waals surface area contributed by atoms with Gasteiger partial charge < -0.3 is 24.0 Å². The van der Waals surface area contributed by atoms with Gasteiger partial charge in [-0.2, -0.15) is 0 Å². The molecule has 1 N–H and O–H groups in total. The number of nitrogens with zero attached hydrogens (tertiary/aromatic N) is 3. The molecule has 0 aliphatic carbocycles. The minimum Gasteiger partial charge on any atom is -0.497 e. The molecular formula is C21H30N4O5. The maximum Gasteiger partial charge on any atom is 0.321 e. The van der Waals surface area contributed by atoms with Crippen LogP contribution in [0.25, 0.3) is 0 Å². The molecular weight excluding hydrogens is 388 g/mol. The van der Waals surface area contributed by atoms with E-state index in [1.165, 1.54) is 7.11 Å². The van der Waals surface area contributed by atoms with E-state index in [0.717, 1.165) is 32.7 Å². The molecule has 0 unspecified atom stereocenters. The Morgan fingerprint density at radius 1 is 1.17 bits per heavy atom. The van der Waals surface area contributed by atoms with Crippen LogP contribution in [-0.2, 0) is 14.3 Å². The highest BCUT2D eigenvalue weighted by Crippen LogP contribution is 2.38. The molecule has 9 nitrogen and oxygen atoms in total. The quantitative estimate of drug-likeness (QED) is 0.545. The molecule has 1 saturated heterocycles. The van der Waals surface area contributed by atoms with E-state index in [1.807, 2.05) is 0 Å². The Morgan fingerprint density at radius 2 is 1.90 bits per heavy atom. The maximum absolute atomic E-state index is 13.0. The Kier molecular flexibility index (Phi) is 7.15. The fourth-order valence-electron chi connectivity index (χ4n) is 3.79. The number of piperazine rings is 1. The van der Waals surface area contributed by atoms with E-state index in [1.54, 1.807) is 32.2 Å². The van der Waals surface area contributed by atoms with Crippen molar-refractivity contribution in [1.82, 2.24) is 15.1 Å². The third kappa shape index (κ3) is 4.51. The monoisotopic (exact) mass is 418 g/mol. The number of benzene rings is 1. The largest absolute Gasteiger partial charge is 0.497 e. The second kappa shape index (κ2) is 9.80. The second-order valence-corrected chi connectivity index (χ2v) is 7.15. The summed E-state index contributed by atoms with van der Waals surface area (Å²) in [6.07, 6.45) is 0. The molecule has 2 aliphatic rings. The normalized spacial score (nSPS) is 22.2. The fourth-order valence-corrected chi connectivity index (χ4v) is 3.79. The summed E-state index contributed by atoms with van der Waals surface area (Å²) < 4.78 is 16.0. The lowest BCUT2D eigenvalue weighted by molar-refractivity contribution is -0.153. The molecule has 164 valence electrons. The van der Waals surface area contributed by atoms with E-state index in [4.69, 9.17) is 19.2 Å². The van der Waals surface area contributed by atoms with E-state index in [-0.39, 0.29) is 6.61 Å². The minimum absolute atomic E-state index is 0.185. The van der Waals surface area contributed by atoms with Crippen molar-refractivity contribution in [3.05, 3.63) is 23.8 Å². The number of aliphatic imine (C=N–C) groups is 1. The number of methoxy groups -OCH3 is 2. The summed E-state index contributed by atoms with van der Waals surface area (Å²) in [6.45, 7) is 8.31. The van der Waals surface area contributed by atoms with Crippen LogP contribution >= 0.6 is 0 Å². The zero-order chi connectivity index (χ0) is 21.7. The number of likely N-dealkylation sites (N-methyl/N-ethyl adjacent to an activating group) is 1. The SMILES string of the molecule is CCOC(=O)[C@@H]1C(=O)NC(N2CCN(CC)CC2)=N[C@@H]1c1ccc(OC)cc1OC. The third-order valence-corrected chi connectivity index (χ3v) is 5.51. The minimum atomic E-state index is -1.09. The Labute approximate surface area is 177 Å². The van der Waals surface area contributed by atoms with Gasteiger partial charge in [0.1, 0.15) is 17.5 Å². The van der Waals surface area contributed by atoms with Crippen molar-refractivity contribution >= 4 is 17.8 Å². The van der Waals surface area contributed by atoms with Gasteiger partial charge in [-0.1, -0.05) is 6.92 Å². The summed E-state index contributed by atoms with van der Waals surface area (Å²) in [6, 6.07) is 4.52. The van der Waals surface area contributed by atoms with Gasteiger partial charge in [-0.15, -0.1) is 0 Å². The van der Waals surface area contributed by atoms with Gasteiger partial charge >= 0.3 is 5.97 Å². The number of hydrogen-bond acceptors (Lipinski definition) is 8. The van der Waals surface area contributed by atoms with Gasteiger partial charge in [-0.25, -0.2) is 4.99 Å². The fraction of sp³-hybridized carbons (Fsp3) is 0.571. The molecule has 1 fully saturated rings. The van der Waals surface area contributed by atoms with Crippen molar-refractivity contribution in [1.29, 1.82) is 0 Å². The molecule has 1 amide bonds. The van der Waals surface area contributed by atoms with Crippen molar-refractivity contribution in [2.75, 3.05) is 53.6 Å². The lowest BCUT2D eigenvalue weighted by Gasteiger charge is -2.38. The summed E-state index contributed by atoms with van der Waals surface area (Å²) in [5.41, 5.74) is 0.635. The highest BCUT2D eigenvalue weighted by molar-refractivity contribution is 6.08. The summed E-state index contributed by atoms with van der Waals surface area (Å²) in [5.74, 6) is -0.506. The molecule has 2 atom stereocenters. The average molecular weight is 418 g/mol. The highest BCUT2D eigenvalue weighted by Gasteiger charge is 2.43. The van der Waals surface area contributed by atoms with Gasteiger partial charge in [-0.05, 0) is 25.6 Å². The van der Waals surface area contributed by atoms with Gasteiger partial charge in [0.25, 0.3) is 0 Å². The molecule has 2 heterocycles. The standard InChI is InChI=1S/C21H30N4O5/c1-5-24-9-11-25(12-10-24)21-22-18(17(19(26)23-21)20(27)30-6-2)15-8-7-14(28-3)13-16(15)29-4/h7-8,13,17-18H,5-6,9-12H2,1-4H3,(H,22,23,26)/t17-,18+/m0/s1. The Morgan fingerprint density at radius 3 is 2.50 bits per heavy atom. The third-order valence-electron chi connectivity index (χ3n) is 5.51. The number of ether oxygens (including phenoxy) is 3. The van der Waals surface area contributed by atoms with Crippen LogP contribution in [0.3, 0.4) is 0 Å². The molecule has 0 bridgehead atoms. The van der Waals surface area contributed by atoms with E-state index >= 15 is 0 Å². The van der Waals surface area contributed by atoms with Crippen LogP contribution < -0.4 is 14.8 Å². The number of hydrogen-bond donors (Lipinski definition) is 1. The molecule has 0 spiro atoms. The number of amides is 1. The number of carbonyl (C=O) groups is 2. The van der Waals surface area contributed by atoms with Crippen LogP contribution in [0, 0.1) is 5.92 Å². The Hall–Kier alpha value is -2.81. The van der Waals surface area contributed by atoms with E-state index in [2.05, 4.69) is 22.0 Å². The average Bonchev–Trinajstić information content (AvgIpc) is 2.78. The van der Waals surface area contributed by atoms with Crippen LogP contribution in [0.4, 0.5) is 0 Å². The topological polar surface area (TPSA) is 92.7 Å². The summed E-state index contributed by atoms with van der Waals surface area (Å²) in [7, 11) is 3.10. The predicted molar refractivity (Wildman–Crippen MR) is 112 cm³/mol. The number of esters is 1. The van der Waals surface area contributed by atoms with Crippen LogP contribution in [0.1, 0.15) is 25.5 Å². The smallest absolute Gasteiger partial charge is 0.321 e. The van der Waals surface area contributed by atoms with Crippen LogP contribution in [0.5, 0.6) is 11.5 Å². The van der Waals surface area contributed by atoms with E-state index in [9.17, 15) is 9.59 Å². The van der Waals surface area contributed by atoms with Gasteiger partial charge in [0.2, 0.25) is 11.9 Å². The van der Waals surface area contributed by atoms with Gasteiger partial charge in [0, 0.05) is 37.8 Å². The maximum atomic E-state index is 13.0. The molecule has 0 saturated carbocycles. The molecule has 1 aromatic carbocycles. The van der Waals surface area contributed by atoms with Crippen molar-refractivity contribution in [2.45, 2.75) is 19.9 Å². The molecule has 0 radical (unpaired) electrons. The number of carbonyl (C=O) groups excluding carboxylic acids is 2. The first-order valence-corrected chi connectivity index (χ1v) is 10.3. The number of rotatable bonds is 6. The zero-order valence-electron chi connectivity index (χ0n) is 18.0. The van der Waals surface area contributed by atoms with Crippen molar-refractivity contribution in [3.63, 3.8) is 0 Å². The first-order valence-electron chi connectivity index (χ1n) is 10.3. The van der Waals surface area contributed by atoms with Crippen LogP contribution in [-0.4, -0.2) is 81.2 Å². The first-order chi connectivity index (χ1) is 14.5. The molecule has 3 rings (SSSR count). The van der Waals surface area contributed by atoms with Gasteiger partial charge in [-0.3, -0.25) is 14.9 Å².